The van der Waals surface area contributed by atoms with E-state index in [-0.39, 0.29) is 5.97 Å². The van der Waals surface area contributed by atoms with Gasteiger partial charge in [-0.25, -0.2) is 0 Å². The van der Waals surface area contributed by atoms with E-state index in [2.05, 4.69) is 13.8 Å². The van der Waals surface area contributed by atoms with Crippen molar-refractivity contribution in [2.45, 2.75) is 123 Å². The zero-order valence-electron chi connectivity index (χ0n) is 19.1. The van der Waals surface area contributed by atoms with Gasteiger partial charge in [0.25, 0.3) is 0 Å². The quantitative estimate of drug-likeness (QED) is 0.204. The summed E-state index contributed by atoms with van der Waals surface area (Å²) in [6.07, 6.45) is 19.9. The number of rotatable bonds is 17. The van der Waals surface area contributed by atoms with E-state index >= 15 is 0 Å². The van der Waals surface area contributed by atoms with E-state index in [1.165, 1.54) is 70.6 Å². The summed E-state index contributed by atoms with van der Waals surface area (Å²) in [7, 11) is 0. The van der Waals surface area contributed by atoms with Crippen molar-refractivity contribution in [3.63, 3.8) is 0 Å². The van der Waals surface area contributed by atoms with Crippen molar-refractivity contribution in [1.29, 1.82) is 0 Å². The summed E-state index contributed by atoms with van der Waals surface area (Å²) in [5.74, 6) is -1.22. The molecular weight excluding hydrogens is 364 g/mol. The molecule has 4 nitrogen and oxygen atoms in total. The Labute approximate surface area is 179 Å². The van der Waals surface area contributed by atoms with Crippen LogP contribution in [0.2, 0.25) is 0 Å². The zero-order valence-corrected chi connectivity index (χ0v) is 19.1. The van der Waals surface area contributed by atoms with E-state index in [4.69, 9.17) is 4.74 Å². The molecule has 170 valence electrons. The summed E-state index contributed by atoms with van der Waals surface area (Å²) in [5.41, 5.74) is 0. The molecule has 0 aromatic heterocycles. The van der Waals surface area contributed by atoms with Gasteiger partial charge in [-0.15, -0.1) is 0 Å². The van der Waals surface area contributed by atoms with Crippen molar-refractivity contribution >= 4 is 11.9 Å². The number of hydrogen-bond donors (Lipinski definition) is 1. The highest BCUT2D eigenvalue weighted by Gasteiger charge is 2.36. The Morgan fingerprint density at radius 3 is 1.83 bits per heavy atom. The lowest BCUT2D eigenvalue weighted by Crippen LogP contribution is -2.33. The van der Waals surface area contributed by atoms with Crippen molar-refractivity contribution in [2.75, 3.05) is 6.61 Å². The molecule has 0 aromatic rings. The largest absolute Gasteiger partial charge is 0.481 e. The van der Waals surface area contributed by atoms with Gasteiger partial charge in [0.1, 0.15) is 0 Å². The first-order valence-corrected chi connectivity index (χ1v) is 12.5. The molecule has 29 heavy (non-hydrogen) atoms. The Morgan fingerprint density at radius 2 is 1.31 bits per heavy atom. The van der Waals surface area contributed by atoms with Gasteiger partial charge in [0, 0.05) is 0 Å². The highest BCUT2D eigenvalue weighted by molar-refractivity contribution is 5.81. The van der Waals surface area contributed by atoms with Crippen molar-refractivity contribution in [3.05, 3.63) is 0 Å². The molecule has 0 aliphatic heterocycles. The van der Waals surface area contributed by atoms with E-state index in [0.29, 0.717) is 19.4 Å². The third-order valence-corrected chi connectivity index (χ3v) is 6.67. The molecule has 0 amide bonds. The van der Waals surface area contributed by atoms with Crippen LogP contribution in [0.5, 0.6) is 0 Å². The second-order valence-electron chi connectivity index (χ2n) is 9.19. The number of carbonyl (C=O) groups excluding carboxylic acids is 1. The first kappa shape index (κ1) is 26.0. The molecule has 0 saturated heterocycles. The molecule has 3 unspecified atom stereocenters. The van der Waals surface area contributed by atoms with Crippen LogP contribution in [0.3, 0.4) is 0 Å². The lowest BCUT2D eigenvalue weighted by Gasteiger charge is -2.26. The topological polar surface area (TPSA) is 63.6 Å². The zero-order chi connectivity index (χ0) is 21.3. The molecule has 4 heteroatoms. The molecule has 1 aliphatic carbocycles. The maximum Gasteiger partial charge on any atom is 0.309 e. The maximum absolute atomic E-state index is 12.2. The van der Waals surface area contributed by atoms with Crippen LogP contribution in [0, 0.1) is 17.8 Å². The third kappa shape index (κ3) is 12.3. The molecule has 0 heterocycles. The average Bonchev–Trinajstić information content (AvgIpc) is 2.73. The summed E-state index contributed by atoms with van der Waals surface area (Å²) in [4.78, 5) is 23.5. The Bertz CT molecular complexity index is 435. The fourth-order valence-corrected chi connectivity index (χ4v) is 4.38. The second kappa shape index (κ2) is 16.7. The molecule has 0 aromatic carbocycles. The maximum atomic E-state index is 12.2. The molecule has 1 N–H and O–H groups in total. The number of aliphatic carboxylic acids is 1. The molecule has 1 saturated carbocycles. The first-order valence-electron chi connectivity index (χ1n) is 12.5. The summed E-state index contributed by atoms with van der Waals surface area (Å²) in [6, 6.07) is 0. The minimum absolute atomic E-state index is 0.291. The summed E-state index contributed by atoms with van der Waals surface area (Å²) < 4.78 is 5.37. The van der Waals surface area contributed by atoms with Crippen LogP contribution in [-0.2, 0) is 14.3 Å². The summed E-state index contributed by atoms with van der Waals surface area (Å²) in [6.45, 7) is 5.08. The van der Waals surface area contributed by atoms with Crippen LogP contribution in [0.15, 0.2) is 0 Å². The van der Waals surface area contributed by atoms with E-state index in [9.17, 15) is 14.7 Å². The van der Waals surface area contributed by atoms with Crippen LogP contribution < -0.4 is 0 Å². The van der Waals surface area contributed by atoms with E-state index in [1.807, 2.05) is 0 Å². The van der Waals surface area contributed by atoms with E-state index < -0.39 is 17.8 Å². The summed E-state index contributed by atoms with van der Waals surface area (Å²) >= 11 is 0. The fourth-order valence-electron chi connectivity index (χ4n) is 4.38. The van der Waals surface area contributed by atoms with Crippen LogP contribution in [0.4, 0.5) is 0 Å². The van der Waals surface area contributed by atoms with E-state index in [1.54, 1.807) is 0 Å². The smallest absolute Gasteiger partial charge is 0.309 e. The molecular formula is C25H46O4. The van der Waals surface area contributed by atoms with Crippen LogP contribution in [0.1, 0.15) is 123 Å². The SMILES string of the molecule is CCC(C)CCCCCCCCCCCCCOC(=O)C1CCCCC1C(=O)O. The lowest BCUT2D eigenvalue weighted by molar-refractivity contribution is -0.159. The molecule has 1 fully saturated rings. The standard InChI is InChI=1S/C25H46O4/c1-3-21(2)17-13-11-9-7-5-4-6-8-10-12-16-20-29-25(28)23-19-15-14-18-22(23)24(26)27/h21-23H,3-20H2,1-2H3,(H,26,27). The van der Waals surface area contributed by atoms with Gasteiger partial charge >= 0.3 is 11.9 Å². The molecule has 1 rings (SSSR count). The van der Waals surface area contributed by atoms with E-state index in [0.717, 1.165) is 31.6 Å². The highest BCUT2D eigenvalue weighted by atomic mass is 16.5. The number of esters is 1. The van der Waals surface area contributed by atoms with Gasteiger partial charge in [-0.2, -0.15) is 0 Å². The minimum atomic E-state index is -0.849. The lowest BCUT2D eigenvalue weighted by atomic mass is 9.79. The monoisotopic (exact) mass is 410 g/mol. The number of carboxylic acids is 1. The van der Waals surface area contributed by atoms with Crippen LogP contribution in [0.25, 0.3) is 0 Å². The molecule has 1 aliphatic rings. The molecule has 0 spiro atoms. The number of unbranched alkanes of at least 4 members (excludes halogenated alkanes) is 10. The molecule has 0 radical (unpaired) electrons. The van der Waals surface area contributed by atoms with Crippen molar-refractivity contribution in [3.8, 4) is 0 Å². The Morgan fingerprint density at radius 1 is 0.828 bits per heavy atom. The minimum Gasteiger partial charge on any atom is -0.481 e. The van der Waals surface area contributed by atoms with Crippen LogP contribution in [-0.4, -0.2) is 23.7 Å². The van der Waals surface area contributed by atoms with Crippen molar-refractivity contribution < 1.29 is 19.4 Å². The number of ether oxygens (including phenoxy) is 1. The normalized spacial score (nSPS) is 20.3. The first-order chi connectivity index (χ1) is 14.1. The average molecular weight is 411 g/mol. The van der Waals surface area contributed by atoms with Gasteiger partial charge in [0.05, 0.1) is 18.4 Å². The Hall–Kier alpha value is -1.06. The van der Waals surface area contributed by atoms with Gasteiger partial charge in [-0.05, 0) is 25.2 Å². The van der Waals surface area contributed by atoms with Gasteiger partial charge in [0.15, 0.2) is 0 Å². The van der Waals surface area contributed by atoms with Crippen molar-refractivity contribution in [1.82, 2.24) is 0 Å². The Balaban J connectivity index is 1.88. The van der Waals surface area contributed by atoms with Crippen molar-refractivity contribution in [2.24, 2.45) is 17.8 Å². The highest BCUT2D eigenvalue weighted by Crippen LogP contribution is 2.31. The van der Waals surface area contributed by atoms with Crippen LogP contribution >= 0.6 is 0 Å². The third-order valence-electron chi connectivity index (χ3n) is 6.67. The molecule has 0 bridgehead atoms. The predicted molar refractivity (Wildman–Crippen MR) is 119 cm³/mol. The number of hydrogen-bond acceptors (Lipinski definition) is 3. The van der Waals surface area contributed by atoms with Gasteiger partial charge in [-0.1, -0.05) is 104 Å². The fraction of sp³-hybridized carbons (Fsp3) is 0.920. The summed E-state index contributed by atoms with van der Waals surface area (Å²) in [5, 5.41) is 9.26. The predicted octanol–water partition coefficient (Wildman–Crippen LogP) is 7.15. The van der Waals surface area contributed by atoms with Gasteiger partial charge in [-0.3, -0.25) is 9.59 Å². The number of carbonyl (C=O) groups is 2. The van der Waals surface area contributed by atoms with Gasteiger partial charge < -0.3 is 9.84 Å². The van der Waals surface area contributed by atoms with Gasteiger partial charge in [0.2, 0.25) is 0 Å². The Kier molecular flexibility index (Phi) is 15.0. The number of carboxylic acid groups (broad SMARTS) is 1. The second-order valence-corrected chi connectivity index (χ2v) is 9.19. The molecule has 3 atom stereocenters.